The fourth-order valence-electron chi connectivity index (χ4n) is 4.07. The third-order valence-electron chi connectivity index (χ3n) is 5.93. The van der Waals surface area contributed by atoms with E-state index in [2.05, 4.69) is 11.8 Å². The molecule has 5 nitrogen and oxygen atoms in total. The lowest BCUT2D eigenvalue weighted by Crippen LogP contribution is -2.58. The van der Waals surface area contributed by atoms with Gasteiger partial charge in [0, 0.05) is 38.2 Å². The molecule has 28 heavy (non-hydrogen) atoms. The van der Waals surface area contributed by atoms with E-state index in [0.717, 1.165) is 58.3 Å². The van der Waals surface area contributed by atoms with Crippen molar-refractivity contribution < 1.29 is 18.7 Å². The maximum atomic E-state index is 13.0. The molecule has 2 heterocycles. The average Bonchev–Trinajstić information content (AvgIpc) is 2.71. The van der Waals surface area contributed by atoms with Gasteiger partial charge in [-0.25, -0.2) is 4.39 Å². The SMILES string of the molecule is CCCCN1CC2(CCN(CCCC(=O)c3ccc(F)cc3)CC2)OCC1=O. The normalized spacial score (nSPS) is 19.9. The molecule has 0 aromatic heterocycles. The molecule has 2 saturated heterocycles. The number of rotatable bonds is 8. The molecule has 154 valence electrons. The summed E-state index contributed by atoms with van der Waals surface area (Å²) in [5, 5.41) is 0. The van der Waals surface area contributed by atoms with E-state index in [1.165, 1.54) is 12.1 Å². The Hall–Kier alpha value is -1.79. The number of piperidine rings is 1. The number of unbranched alkanes of at least 4 members (excludes halogenated alkanes) is 1. The van der Waals surface area contributed by atoms with Gasteiger partial charge < -0.3 is 14.5 Å². The molecule has 0 aliphatic carbocycles. The van der Waals surface area contributed by atoms with Crippen LogP contribution in [0.5, 0.6) is 0 Å². The van der Waals surface area contributed by atoms with Crippen molar-refractivity contribution in [3.8, 4) is 0 Å². The predicted molar refractivity (Wildman–Crippen MR) is 106 cm³/mol. The van der Waals surface area contributed by atoms with Gasteiger partial charge in [0.05, 0.1) is 5.60 Å². The molecule has 1 amide bonds. The second kappa shape index (κ2) is 9.61. The summed E-state index contributed by atoms with van der Waals surface area (Å²) in [6.45, 7) is 6.62. The number of hydrogen-bond donors (Lipinski definition) is 0. The van der Waals surface area contributed by atoms with Gasteiger partial charge in [-0.2, -0.15) is 0 Å². The van der Waals surface area contributed by atoms with Gasteiger partial charge in [0.2, 0.25) is 5.91 Å². The van der Waals surface area contributed by atoms with E-state index in [1.807, 2.05) is 4.90 Å². The summed E-state index contributed by atoms with van der Waals surface area (Å²) in [5.74, 6) is -0.145. The highest BCUT2D eigenvalue weighted by molar-refractivity contribution is 5.95. The molecule has 2 aliphatic rings. The second-order valence-electron chi connectivity index (χ2n) is 8.02. The average molecular weight is 390 g/mol. The molecule has 2 aliphatic heterocycles. The minimum Gasteiger partial charge on any atom is -0.363 e. The summed E-state index contributed by atoms with van der Waals surface area (Å²) in [5.41, 5.74) is 0.383. The molecule has 0 radical (unpaired) electrons. The quantitative estimate of drug-likeness (QED) is 0.639. The smallest absolute Gasteiger partial charge is 0.248 e. The van der Waals surface area contributed by atoms with Crippen LogP contribution in [0.2, 0.25) is 0 Å². The van der Waals surface area contributed by atoms with Crippen LogP contribution in [0.15, 0.2) is 24.3 Å². The Morgan fingerprint density at radius 3 is 2.54 bits per heavy atom. The second-order valence-corrected chi connectivity index (χ2v) is 8.02. The molecule has 2 fully saturated rings. The zero-order chi connectivity index (χ0) is 20.0. The summed E-state index contributed by atoms with van der Waals surface area (Å²) >= 11 is 0. The van der Waals surface area contributed by atoms with Crippen LogP contribution in [0.4, 0.5) is 4.39 Å². The van der Waals surface area contributed by atoms with Crippen LogP contribution in [0.1, 0.15) is 55.8 Å². The number of carbonyl (C=O) groups excluding carboxylic acids is 2. The van der Waals surface area contributed by atoms with E-state index in [-0.39, 0.29) is 29.7 Å². The molecular formula is C22H31FN2O3. The van der Waals surface area contributed by atoms with Crippen LogP contribution in [0.3, 0.4) is 0 Å². The van der Waals surface area contributed by atoms with Crippen LogP contribution in [0, 0.1) is 5.82 Å². The fraction of sp³-hybridized carbons (Fsp3) is 0.636. The molecule has 1 aromatic carbocycles. The van der Waals surface area contributed by atoms with Gasteiger partial charge >= 0.3 is 0 Å². The van der Waals surface area contributed by atoms with Crippen LogP contribution >= 0.6 is 0 Å². The van der Waals surface area contributed by atoms with Crippen LogP contribution in [-0.2, 0) is 9.53 Å². The van der Waals surface area contributed by atoms with Crippen LogP contribution in [0.25, 0.3) is 0 Å². The highest BCUT2D eigenvalue weighted by Gasteiger charge is 2.41. The van der Waals surface area contributed by atoms with Crippen molar-refractivity contribution >= 4 is 11.7 Å². The molecule has 1 aromatic rings. The zero-order valence-electron chi connectivity index (χ0n) is 16.8. The van der Waals surface area contributed by atoms with Crippen molar-refractivity contribution in [3.05, 3.63) is 35.6 Å². The maximum absolute atomic E-state index is 13.0. The topological polar surface area (TPSA) is 49.9 Å². The van der Waals surface area contributed by atoms with Crippen LogP contribution < -0.4 is 0 Å². The lowest BCUT2D eigenvalue weighted by molar-refractivity contribution is -0.171. The first-order chi connectivity index (χ1) is 13.5. The van der Waals surface area contributed by atoms with E-state index in [9.17, 15) is 14.0 Å². The third kappa shape index (κ3) is 5.39. The van der Waals surface area contributed by atoms with E-state index < -0.39 is 0 Å². The summed E-state index contributed by atoms with van der Waals surface area (Å²) in [6.07, 6.45) is 5.25. The first-order valence-electron chi connectivity index (χ1n) is 10.4. The van der Waals surface area contributed by atoms with Gasteiger partial charge in [-0.15, -0.1) is 0 Å². The van der Waals surface area contributed by atoms with Crippen molar-refractivity contribution in [1.82, 2.24) is 9.80 Å². The Labute approximate surface area is 166 Å². The Balaban J connectivity index is 1.41. The number of hydrogen-bond acceptors (Lipinski definition) is 4. The number of amides is 1. The van der Waals surface area contributed by atoms with E-state index in [0.29, 0.717) is 18.5 Å². The van der Waals surface area contributed by atoms with Crippen molar-refractivity contribution in [2.45, 2.75) is 51.0 Å². The van der Waals surface area contributed by atoms with Crippen molar-refractivity contribution in [2.75, 3.05) is 39.3 Å². The molecule has 0 N–H and O–H groups in total. The van der Waals surface area contributed by atoms with Crippen molar-refractivity contribution in [1.29, 1.82) is 0 Å². The molecule has 0 saturated carbocycles. The van der Waals surface area contributed by atoms with Crippen molar-refractivity contribution in [3.63, 3.8) is 0 Å². The summed E-state index contributed by atoms with van der Waals surface area (Å²) < 4.78 is 18.9. The summed E-state index contributed by atoms with van der Waals surface area (Å²) in [6, 6.07) is 5.76. The van der Waals surface area contributed by atoms with E-state index in [4.69, 9.17) is 4.74 Å². The number of likely N-dealkylation sites (tertiary alicyclic amines) is 1. The maximum Gasteiger partial charge on any atom is 0.248 e. The third-order valence-corrected chi connectivity index (χ3v) is 5.93. The molecule has 1 spiro atoms. The molecule has 0 atom stereocenters. The van der Waals surface area contributed by atoms with Gasteiger partial charge in [-0.3, -0.25) is 9.59 Å². The van der Waals surface area contributed by atoms with Gasteiger partial charge in [-0.05, 0) is 56.5 Å². The van der Waals surface area contributed by atoms with Gasteiger partial charge in [-0.1, -0.05) is 13.3 Å². The number of ether oxygens (including phenoxy) is 1. The fourth-order valence-corrected chi connectivity index (χ4v) is 4.07. The lowest BCUT2D eigenvalue weighted by atomic mass is 9.89. The van der Waals surface area contributed by atoms with Gasteiger partial charge in [0.1, 0.15) is 12.4 Å². The molecule has 0 bridgehead atoms. The highest BCUT2D eigenvalue weighted by Crippen LogP contribution is 2.30. The summed E-state index contributed by atoms with van der Waals surface area (Å²) in [7, 11) is 0. The number of Topliss-reactive ketones (excluding diaryl/α,β-unsaturated/α-hetero) is 1. The van der Waals surface area contributed by atoms with Gasteiger partial charge in [0.15, 0.2) is 5.78 Å². The largest absolute Gasteiger partial charge is 0.363 e. The zero-order valence-corrected chi connectivity index (χ0v) is 16.8. The Morgan fingerprint density at radius 2 is 1.86 bits per heavy atom. The van der Waals surface area contributed by atoms with E-state index >= 15 is 0 Å². The number of benzene rings is 1. The first kappa shape index (κ1) is 20.9. The Bertz CT molecular complexity index is 669. The number of carbonyl (C=O) groups is 2. The number of nitrogens with zero attached hydrogens (tertiary/aromatic N) is 2. The number of morpholine rings is 1. The number of ketones is 1. The Kier molecular flexibility index (Phi) is 7.18. The van der Waals surface area contributed by atoms with Crippen molar-refractivity contribution in [2.24, 2.45) is 0 Å². The molecular weight excluding hydrogens is 359 g/mol. The predicted octanol–water partition coefficient (Wildman–Crippen LogP) is 3.28. The molecule has 3 rings (SSSR count). The standard InChI is InChI=1S/C22H31FN2O3/c1-2-3-13-25-17-22(28-16-21(25)27)10-14-24(15-11-22)12-4-5-20(26)18-6-8-19(23)9-7-18/h6-9H,2-5,10-17H2,1H3. The number of halogens is 1. The highest BCUT2D eigenvalue weighted by atomic mass is 19.1. The van der Waals surface area contributed by atoms with Gasteiger partial charge in [0.25, 0.3) is 0 Å². The lowest BCUT2D eigenvalue weighted by Gasteiger charge is -2.47. The Morgan fingerprint density at radius 1 is 1.14 bits per heavy atom. The monoisotopic (exact) mass is 390 g/mol. The molecule has 6 heteroatoms. The minimum absolute atomic E-state index is 0.0640. The van der Waals surface area contributed by atoms with Crippen LogP contribution in [-0.4, -0.2) is 66.4 Å². The minimum atomic E-state index is -0.321. The first-order valence-corrected chi connectivity index (χ1v) is 10.4. The molecule has 0 unspecified atom stereocenters. The summed E-state index contributed by atoms with van der Waals surface area (Å²) in [4.78, 5) is 28.6. The van der Waals surface area contributed by atoms with E-state index in [1.54, 1.807) is 12.1 Å².